The molecule has 4 rings (SSSR count). The van der Waals surface area contributed by atoms with Gasteiger partial charge in [0.2, 0.25) is 5.78 Å². The van der Waals surface area contributed by atoms with E-state index in [-0.39, 0.29) is 29.7 Å². The van der Waals surface area contributed by atoms with Gasteiger partial charge in [-0.2, -0.15) is 0 Å². The standard InChI is InChI=1S/C28H35N3O8/c1-11(30-39-7)13-10-16(27(2,3)4)21(32)18-14(13)8-12-9-15-20(31(5)6)23(34)19(26(29)37)25(36)28(15,38)24(35)17(12)22(18)33/h10,12,15,20,32-33,36,38H,8-9H2,1-7H3,(H2,29,37)/b30-11-/t12-,15-,20-,28-/m0/s1. The number of Topliss-reactive ketones (excluding diaryl/α,β-unsaturated/α-hetero) is 2. The van der Waals surface area contributed by atoms with Gasteiger partial charge in [0, 0.05) is 22.6 Å². The van der Waals surface area contributed by atoms with Crippen LogP contribution in [-0.4, -0.2) is 81.4 Å². The smallest absolute Gasteiger partial charge is 0.255 e. The lowest BCUT2D eigenvalue weighted by Gasteiger charge is -2.50. The van der Waals surface area contributed by atoms with Gasteiger partial charge in [0.05, 0.1) is 17.3 Å². The van der Waals surface area contributed by atoms with Crippen molar-refractivity contribution in [1.29, 1.82) is 0 Å². The monoisotopic (exact) mass is 541 g/mol. The van der Waals surface area contributed by atoms with E-state index in [1.165, 1.54) is 12.0 Å². The van der Waals surface area contributed by atoms with Crippen molar-refractivity contribution in [2.75, 3.05) is 21.2 Å². The highest BCUT2D eigenvalue weighted by Gasteiger charge is 2.64. The molecule has 0 aliphatic heterocycles. The fourth-order valence-electron chi connectivity index (χ4n) is 6.39. The lowest BCUT2D eigenvalue weighted by molar-refractivity contribution is -0.153. The van der Waals surface area contributed by atoms with Gasteiger partial charge in [-0.1, -0.05) is 25.9 Å². The van der Waals surface area contributed by atoms with Gasteiger partial charge in [-0.15, -0.1) is 0 Å². The molecule has 0 aromatic heterocycles. The molecule has 210 valence electrons. The minimum atomic E-state index is -2.68. The van der Waals surface area contributed by atoms with Crippen molar-refractivity contribution < 1.29 is 39.6 Å². The van der Waals surface area contributed by atoms with Crippen LogP contribution < -0.4 is 5.73 Å². The number of phenols is 1. The lowest BCUT2D eigenvalue weighted by atomic mass is 9.57. The number of phenolic OH excluding ortho intramolecular Hbond substituents is 1. The zero-order chi connectivity index (χ0) is 29.4. The van der Waals surface area contributed by atoms with E-state index in [1.807, 2.05) is 20.8 Å². The Kier molecular flexibility index (Phi) is 6.68. The minimum Gasteiger partial charge on any atom is -0.508 e. The second kappa shape index (κ2) is 9.20. The van der Waals surface area contributed by atoms with Gasteiger partial charge in [0.25, 0.3) is 5.91 Å². The van der Waals surface area contributed by atoms with Crippen LogP contribution in [0.2, 0.25) is 0 Å². The Morgan fingerprint density at radius 1 is 1.21 bits per heavy atom. The van der Waals surface area contributed by atoms with Crippen LogP contribution in [0.15, 0.2) is 28.1 Å². The molecule has 11 heteroatoms. The summed E-state index contributed by atoms with van der Waals surface area (Å²) in [5, 5.41) is 49.7. The van der Waals surface area contributed by atoms with Crippen LogP contribution in [0.3, 0.4) is 0 Å². The molecule has 0 radical (unpaired) electrons. The van der Waals surface area contributed by atoms with Crippen LogP contribution in [0, 0.1) is 11.8 Å². The zero-order valence-corrected chi connectivity index (χ0v) is 23.1. The second-order valence-corrected chi connectivity index (χ2v) is 11.7. The summed E-state index contributed by atoms with van der Waals surface area (Å²) in [6.07, 6.45) is 0.173. The fourth-order valence-corrected chi connectivity index (χ4v) is 6.39. The van der Waals surface area contributed by atoms with Crippen LogP contribution in [0.1, 0.15) is 56.4 Å². The summed E-state index contributed by atoms with van der Waals surface area (Å²) >= 11 is 0. The molecule has 0 bridgehead atoms. The predicted octanol–water partition coefficient (Wildman–Crippen LogP) is 1.63. The maximum absolute atomic E-state index is 14.0. The number of hydrogen-bond donors (Lipinski definition) is 5. The molecular formula is C28H35N3O8. The van der Waals surface area contributed by atoms with Crippen LogP contribution in [0.25, 0.3) is 5.76 Å². The molecule has 11 nitrogen and oxygen atoms in total. The zero-order valence-electron chi connectivity index (χ0n) is 23.1. The average Bonchev–Trinajstić information content (AvgIpc) is 2.80. The Bertz CT molecular complexity index is 1400. The van der Waals surface area contributed by atoms with E-state index in [4.69, 9.17) is 10.6 Å². The van der Waals surface area contributed by atoms with Gasteiger partial charge >= 0.3 is 0 Å². The Balaban J connectivity index is 2.05. The molecule has 0 saturated heterocycles. The number of aromatic hydroxyl groups is 1. The maximum atomic E-state index is 14.0. The first-order valence-corrected chi connectivity index (χ1v) is 12.6. The molecule has 1 aromatic carbocycles. The van der Waals surface area contributed by atoms with Crippen LogP contribution in [-0.2, 0) is 31.1 Å². The van der Waals surface area contributed by atoms with Crippen molar-refractivity contribution in [2.45, 2.75) is 57.6 Å². The number of nitrogens with zero attached hydrogens (tertiary/aromatic N) is 2. The number of amides is 1. The SMILES string of the molecule is CO/N=C(/C)c1cc(C(C)(C)C)c(O)c2c1C[C@H]1C[C@H]3[C@H](N(C)C)C(=O)C(C(N)=O)=C(O)[C@@]3(O)C(=O)C1=C2O. The molecule has 0 unspecified atom stereocenters. The quantitative estimate of drug-likeness (QED) is 0.215. The highest BCUT2D eigenvalue weighted by Crippen LogP contribution is 2.54. The average molecular weight is 542 g/mol. The molecule has 0 heterocycles. The topological polar surface area (TPSA) is 183 Å². The second-order valence-electron chi connectivity index (χ2n) is 11.7. The number of primary amides is 1. The number of rotatable bonds is 4. The number of aliphatic hydroxyl groups excluding tert-OH is 2. The maximum Gasteiger partial charge on any atom is 0.255 e. The first-order chi connectivity index (χ1) is 18.0. The van der Waals surface area contributed by atoms with Crippen molar-refractivity contribution >= 4 is 28.9 Å². The molecule has 39 heavy (non-hydrogen) atoms. The number of nitrogens with two attached hydrogens (primary N) is 1. The van der Waals surface area contributed by atoms with Crippen molar-refractivity contribution in [3.8, 4) is 5.75 Å². The lowest BCUT2D eigenvalue weighted by Crippen LogP contribution is -2.65. The van der Waals surface area contributed by atoms with E-state index in [2.05, 4.69) is 5.16 Å². The molecule has 1 amide bonds. The van der Waals surface area contributed by atoms with Crippen molar-refractivity contribution in [3.05, 3.63) is 45.2 Å². The number of oxime groups is 1. The molecule has 3 aliphatic carbocycles. The minimum absolute atomic E-state index is 0.00740. The number of benzene rings is 1. The highest BCUT2D eigenvalue weighted by atomic mass is 16.6. The molecule has 1 fully saturated rings. The van der Waals surface area contributed by atoms with Crippen LogP contribution >= 0.6 is 0 Å². The van der Waals surface area contributed by atoms with E-state index >= 15 is 0 Å². The molecule has 0 spiro atoms. The van der Waals surface area contributed by atoms with E-state index in [9.17, 15) is 34.8 Å². The van der Waals surface area contributed by atoms with Crippen LogP contribution in [0.5, 0.6) is 5.75 Å². The summed E-state index contributed by atoms with van der Waals surface area (Å²) in [5.41, 5.74) is 3.22. The van der Waals surface area contributed by atoms with E-state index in [1.54, 1.807) is 27.1 Å². The molecule has 1 aromatic rings. The number of likely N-dealkylation sites (N-methyl/N-ethyl adjacent to an activating group) is 1. The van der Waals surface area contributed by atoms with E-state index < -0.39 is 63.5 Å². The third-order valence-electron chi connectivity index (χ3n) is 8.15. The normalized spacial score (nSPS) is 27.4. The first-order valence-electron chi connectivity index (χ1n) is 12.6. The number of carbonyl (C=O) groups excluding carboxylic acids is 3. The summed E-state index contributed by atoms with van der Waals surface area (Å²) in [6, 6.07) is 0.640. The van der Waals surface area contributed by atoms with E-state index in [0.29, 0.717) is 22.4 Å². The van der Waals surface area contributed by atoms with Crippen molar-refractivity contribution in [3.63, 3.8) is 0 Å². The molecule has 1 saturated carbocycles. The molecule has 3 aliphatic rings. The predicted molar refractivity (Wildman–Crippen MR) is 142 cm³/mol. The Morgan fingerprint density at radius 3 is 2.33 bits per heavy atom. The third kappa shape index (κ3) is 3.94. The number of aliphatic hydroxyl groups is 3. The van der Waals surface area contributed by atoms with Crippen molar-refractivity contribution in [1.82, 2.24) is 4.90 Å². The molecule has 6 N–H and O–H groups in total. The molecule has 4 atom stereocenters. The summed E-state index contributed by atoms with van der Waals surface area (Å²) in [7, 11) is 4.52. The Hall–Kier alpha value is -3.70. The van der Waals surface area contributed by atoms with Gasteiger partial charge in [-0.3, -0.25) is 19.3 Å². The highest BCUT2D eigenvalue weighted by molar-refractivity contribution is 6.24. The van der Waals surface area contributed by atoms with Gasteiger partial charge in [-0.25, -0.2) is 0 Å². The van der Waals surface area contributed by atoms with Gasteiger partial charge in [-0.05, 0) is 56.8 Å². The number of ketones is 2. The number of carbonyl (C=O) groups is 3. The van der Waals surface area contributed by atoms with Crippen LogP contribution in [0.4, 0.5) is 0 Å². The summed E-state index contributed by atoms with van der Waals surface area (Å²) in [5.74, 6) is -6.82. The largest absolute Gasteiger partial charge is 0.508 e. The summed E-state index contributed by atoms with van der Waals surface area (Å²) in [6.45, 7) is 7.36. The summed E-state index contributed by atoms with van der Waals surface area (Å²) < 4.78 is 0. The first kappa shape index (κ1) is 28.3. The molecular weight excluding hydrogens is 506 g/mol. The fraction of sp³-hybridized carbons (Fsp3) is 0.500. The number of hydrogen-bond acceptors (Lipinski definition) is 10. The third-order valence-corrected chi connectivity index (χ3v) is 8.15. The van der Waals surface area contributed by atoms with E-state index in [0.717, 1.165) is 0 Å². The van der Waals surface area contributed by atoms with Crippen molar-refractivity contribution in [2.24, 2.45) is 22.7 Å². The number of fused-ring (bicyclic) bond motifs is 3. The van der Waals surface area contributed by atoms with Gasteiger partial charge < -0.3 is 31.0 Å². The Morgan fingerprint density at radius 2 is 1.82 bits per heavy atom. The Labute approximate surface area is 226 Å². The van der Waals surface area contributed by atoms with Gasteiger partial charge in [0.15, 0.2) is 11.4 Å². The van der Waals surface area contributed by atoms with Gasteiger partial charge in [0.1, 0.15) is 30.0 Å². The summed E-state index contributed by atoms with van der Waals surface area (Å²) in [4.78, 5) is 45.8.